The molecule has 1 aliphatic carbocycles. The fraction of sp³-hybridized carbons (Fsp3) is 0.333. The van der Waals surface area contributed by atoms with Crippen molar-refractivity contribution in [2.24, 2.45) is 7.05 Å². The van der Waals surface area contributed by atoms with Crippen LogP contribution in [0.1, 0.15) is 12.8 Å². The Morgan fingerprint density at radius 1 is 0.971 bits per heavy atom. The molecule has 0 saturated heterocycles. The fourth-order valence-corrected chi connectivity index (χ4v) is 4.22. The van der Waals surface area contributed by atoms with Crippen LogP contribution in [0.15, 0.2) is 55.0 Å². The van der Waals surface area contributed by atoms with E-state index in [1.165, 1.54) is 16.4 Å². The summed E-state index contributed by atoms with van der Waals surface area (Å²) in [5.74, 6) is 6.40. The smallest absolute Gasteiger partial charge is 0.213 e. The molecular weight excluding hydrogens is 430 g/mol. The number of aliphatic hydroxyl groups is 1. The zero-order chi connectivity index (χ0) is 23.3. The second-order valence-corrected chi connectivity index (χ2v) is 8.34. The maximum atomic E-state index is 8.63. The largest absolute Gasteiger partial charge is 0.474 e. The average Bonchev–Trinajstić information content (AvgIpc) is 3.13. The summed E-state index contributed by atoms with van der Waals surface area (Å²) in [6, 6.07) is 12.5. The van der Waals surface area contributed by atoms with E-state index in [0.717, 1.165) is 29.4 Å². The Kier molecular flexibility index (Phi) is 6.72. The predicted octanol–water partition coefficient (Wildman–Crippen LogP) is 3.73. The van der Waals surface area contributed by atoms with Crippen LogP contribution in [0.3, 0.4) is 0 Å². The molecule has 1 aliphatic rings. The molecule has 0 radical (unpaired) electrons. The van der Waals surface area contributed by atoms with Gasteiger partial charge in [0.15, 0.2) is 0 Å². The van der Waals surface area contributed by atoms with E-state index in [4.69, 9.17) is 19.3 Å². The third-order valence-corrected chi connectivity index (χ3v) is 6.14. The van der Waals surface area contributed by atoms with Gasteiger partial charge in [-0.2, -0.15) is 0 Å². The molecule has 0 bridgehead atoms. The molecular formula is C27H27N3O4. The van der Waals surface area contributed by atoms with Gasteiger partial charge in [-0.15, -0.1) is 0 Å². The highest BCUT2D eigenvalue weighted by molar-refractivity contribution is 6.08. The lowest BCUT2D eigenvalue weighted by Crippen LogP contribution is -2.39. The first-order valence-electron chi connectivity index (χ1n) is 11.4. The first-order chi connectivity index (χ1) is 16.7. The van der Waals surface area contributed by atoms with Crippen molar-refractivity contribution in [2.75, 3.05) is 26.4 Å². The maximum Gasteiger partial charge on any atom is 0.213 e. The third-order valence-electron chi connectivity index (χ3n) is 6.14. The van der Waals surface area contributed by atoms with Gasteiger partial charge in [0.05, 0.1) is 24.8 Å². The summed E-state index contributed by atoms with van der Waals surface area (Å²) in [6.45, 7) is 1.02. The second-order valence-electron chi connectivity index (χ2n) is 8.34. The quantitative estimate of drug-likeness (QED) is 0.321. The molecule has 1 saturated carbocycles. The Morgan fingerprint density at radius 3 is 2.65 bits per heavy atom. The minimum Gasteiger partial charge on any atom is -0.474 e. The number of rotatable bonds is 8. The van der Waals surface area contributed by atoms with Gasteiger partial charge >= 0.3 is 0 Å². The lowest BCUT2D eigenvalue weighted by Gasteiger charge is -2.34. The van der Waals surface area contributed by atoms with Crippen molar-refractivity contribution in [3.63, 3.8) is 0 Å². The number of ether oxygens (including phenoxy) is 3. The van der Waals surface area contributed by atoms with Crippen molar-refractivity contribution in [3.05, 3.63) is 55.0 Å². The van der Waals surface area contributed by atoms with Crippen molar-refractivity contribution < 1.29 is 19.3 Å². The minimum absolute atomic E-state index is 0.0121. The minimum atomic E-state index is 0.0121. The lowest BCUT2D eigenvalue weighted by atomic mass is 9.92. The van der Waals surface area contributed by atoms with Gasteiger partial charge in [0.1, 0.15) is 19.3 Å². The van der Waals surface area contributed by atoms with E-state index in [1.807, 2.05) is 30.7 Å². The zero-order valence-electron chi connectivity index (χ0n) is 19.1. The predicted molar refractivity (Wildman–Crippen MR) is 131 cm³/mol. The van der Waals surface area contributed by atoms with Gasteiger partial charge in [0.25, 0.3) is 0 Å². The van der Waals surface area contributed by atoms with Crippen LogP contribution in [0.25, 0.3) is 32.9 Å². The second kappa shape index (κ2) is 10.2. The van der Waals surface area contributed by atoms with E-state index in [0.29, 0.717) is 25.7 Å². The molecule has 3 heterocycles. The fourth-order valence-electron chi connectivity index (χ4n) is 4.22. The standard InChI is InChI=1S/C27H27N3O4/c1-30-25-8-9-28-18-24(25)23-6-4-19(14-26(23)30)20-5-7-27(29-17-20)34-22-15-21(16-22)33-12-3-2-11-32-13-10-31/h4-9,14,17-18,21-22,31H,10-13,15-16H2,1H3/t21-,22-. The summed E-state index contributed by atoms with van der Waals surface area (Å²) in [5, 5.41) is 11.0. The number of aliphatic hydroxyl groups excluding tert-OH is 1. The highest BCUT2D eigenvalue weighted by Gasteiger charge is 2.31. The van der Waals surface area contributed by atoms with Gasteiger partial charge in [-0.3, -0.25) is 4.98 Å². The summed E-state index contributed by atoms with van der Waals surface area (Å²) in [4.78, 5) is 8.80. The SMILES string of the molecule is Cn1c2ccncc2c2ccc(-c3ccc(O[C@H]4C[C@H](OCC#CCOCCO)C4)nc3)cc21. The first-order valence-corrected chi connectivity index (χ1v) is 11.4. The molecule has 174 valence electrons. The molecule has 0 amide bonds. The summed E-state index contributed by atoms with van der Waals surface area (Å²) < 4.78 is 19.0. The lowest BCUT2D eigenvalue weighted by molar-refractivity contribution is -0.0508. The van der Waals surface area contributed by atoms with E-state index in [-0.39, 0.29) is 18.8 Å². The Labute approximate surface area is 198 Å². The Morgan fingerprint density at radius 2 is 1.82 bits per heavy atom. The van der Waals surface area contributed by atoms with Crippen molar-refractivity contribution in [1.82, 2.24) is 14.5 Å². The van der Waals surface area contributed by atoms with Crippen LogP contribution in [0, 0.1) is 11.8 Å². The van der Waals surface area contributed by atoms with Crippen LogP contribution in [0.5, 0.6) is 5.88 Å². The summed E-state index contributed by atoms with van der Waals surface area (Å²) in [6.07, 6.45) is 7.56. The van der Waals surface area contributed by atoms with Gasteiger partial charge in [-0.05, 0) is 23.8 Å². The summed E-state index contributed by atoms with van der Waals surface area (Å²) >= 11 is 0. The van der Waals surface area contributed by atoms with Gasteiger partial charge in [-0.1, -0.05) is 24.0 Å². The van der Waals surface area contributed by atoms with E-state index in [2.05, 4.69) is 57.7 Å². The van der Waals surface area contributed by atoms with Crippen LogP contribution in [0.2, 0.25) is 0 Å². The molecule has 0 atom stereocenters. The highest BCUT2D eigenvalue weighted by atomic mass is 16.5. The number of benzene rings is 1. The van der Waals surface area contributed by atoms with Crippen LogP contribution in [-0.4, -0.2) is 58.3 Å². The molecule has 5 rings (SSSR count). The third kappa shape index (κ3) is 4.75. The molecule has 1 N–H and O–H groups in total. The van der Waals surface area contributed by atoms with Crippen LogP contribution in [0.4, 0.5) is 0 Å². The zero-order valence-corrected chi connectivity index (χ0v) is 19.1. The van der Waals surface area contributed by atoms with Crippen molar-refractivity contribution in [2.45, 2.75) is 25.0 Å². The molecule has 7 heteroatoms. The van der Waals surface area contributed by atoms with Crippen LogP contribution >= 0.6 is 0 Å². The van der Waals surface area contributed by atoms with E-state index in [1.54, 1.807) is 0 Å². The average molecular weight is 458 g/mol. The molecule has 0 spiro atoms. The van der Waals surface area contributed by atoms with Gasteiger partial charge in [0.2, 0.25) is 5.88 Å². The first kappa shape index (κ1) is 22.4. The van der Waals surface area contributed by atoms with Crippen LogP contribution in [-0.2, 0) is 16.5 Å². The number of aryl methyl sites for hydroxylation is 1. The number of fused-ring (bicyclic) bond motifs is 3. The van der Waals surface area contributed by atoms with Gasteiger partial charge in [-0.25, -0.2) is 4.98 Å². The molecule has 0 unspecified atom stereocenters. The van der Waals surface area contributed by atoms with E-state index >= 15 is 0 Å². The number of hydrogen-bond donors (Lipinski definition) is 1. The number of nitrogens with zero attached hydrogens (tertiary/aromatic N) is 3. The highest BCUT2D eigenvalue weighted by Crippen LogP contribution is 2.32. The molecule has 0 aliphatic heterocycles. The summed E-state index contributed by atoms with van der Waals surface area (Å²) in [7, 11) is 2.08. The topological polar surface area (TPSA) is 78.6 Å². The van der Waals surface area contributed by atoms with Crippen LogP contribution < -0.4 is 4.74 Å². The summed E-state index contributed by atoms with van der Waals surface area (Å²) in [5.41, 5.74) is 4.51. The number of aromatic nitrogens is 3. The molecule has 7 nitrogen and oxygen atoms in total. The maximum absolute atomic E-state index is 8.63. The van der Waals surface area contributed by atoms with Gasteiger partial charge < -0.3 is 23.9 Å². The van der Waals surface area contributed by atoms with Gasteiger partial charge in [0, 0.05) is 66.4 Å². The molecule has 1 aromatic carbocycles. The number of hydrogen-bond acceptors (Lipinski definition) is 6. The Hall–Kier alpha value is -3.44. The monoisotopic (exact) mass is 457 g/mol. The molecule has 1 fully saturated rings. The van der Waals surface area contributed by atoms with Crippen molar-refractivity contribution >= 4 is 21.8 Å². The molecule has 4 aromatic rings. The molecule has 34 heavy (non-hydrogen) atoms. The Bertz CT molecular complexity index is 1330. The van der Waals surface area contributed by atoms with Crippen molar-refractivity contribution in [3.8, 4) is 28.8 Å². The van der Waals surface area contributed by atoms with E-state index in [9.17, 15) is 0 Å². The Balaban J connectivity index is 1.15. The van der Waals surface area contributed by atoms with E-state index < -0.39 is 0 Å². The normalized spacial score (nSPS) is 17.4. The molecule has 3 aromatic heterocycles. The van der Waals surface area contributed by atoms with Crippen molar-refractivity contribution in [1.29, 1.82) is 0 Å². The number of pyridine rings is 2.